The predicted octanol–water partition coefficient (Wildman–Crippen LogP) is 4.50. The maximum atomic E-state index is 13.5. The van der Waals surface area contributed by atoms with Gasteiger partial charge in [0.2, 0.25) is 11.8 Å². The van der Waals surface area contributed by atoms with Gasteiger partial charge in [0.1, 0.15) is 6.54 Å². The first-order chi connectivity index (χ1) is 17.5. The highest BCUT2D eigenvalue weighted by Gasteiger charge is 2.31. The number of carbonyl (C=O) groups excluding carboxylic acids is 2. The van der Waals surface area contributed by atoms with Crippen LogP contribution in [0.4, 0.5) is 11.4 Å². The fourth-order valence-corrected chi connectivity index (χ4v) is 5.38. The molecule has 5 rings (SSSR count). The normalized spacial score (nSPS) is 13.8. The van der Waals surface area contributed by atoms with Crippen LogP contribution in [0.25, 0.3) is 10.9 Å². The van der Waals surface area contributed by atoms with Crippen molar-refractivity contribution in [3.63, 3.8) is 0 Å². The quantitative estimate of drug-likeness (QED) is 0.300. The lowest BCUT2D eigenvalue weighted by Gasteiger charge is -2.31. The molecule has 4 aromatic rings. The molecule has 36 heavy (non-hydrogen) atoms. The molecular formula is C28H26N4O3S. The average molecular weight is 499 g/mol. The number of hydrogen-bond acceptors (Lipinski definition) is 5. The van der Waals surface area contributed by atoms with Crippen molar-refractivity contribution in [3.05, 3.63) is 94.8 Å². The van der Waals surface area contributed by atoms with Gasteiger partial charge in [-0.3, -0.25) is 23.9 Å². The summed E-state index contributed by atoms with van der Waals surface area (Å²) in [6.45, 7) is 2.23. The van der Waals surface area contributed by atoms with Crippen molar-refractivity contribution in [2.24, 2.45) is 0 Å². The van der Waals surface area contributed by atoms with Crippen LogP contribution < -0.4 is 15.8 Å². The average Bonchev–Trinajstić information content (AvgIpc) is 2.90. The van der Waals surface area contributed by atoms with Crippen LogP contribution in [0, 0.1) is 0 Å². The Kier molecular flexibility index (Phi) is 6.86. The third-order valence-corrected chi connectivity index (χ3v) is 7.26. The van der Waals surface area contributed by atoms with Crippen LogP contribution in [-0.4, -0.2) is 33.2 Å². The number of nitrogens with one attached hydrogen (secondary N) is 1. The Morgan fingerprint density at radius 2 is 1.72 bits per heavy atom. The van der Waals surface area contributed by atoms with E-state index in [1.165, 1.54) is 22.2 Å². The highest BCUT2D eigenvalue weighted by atomic mass is 32.2. The number of benzene rings is 3. The van der Waals surface area contributed by atoms with Gasteiger partial charge >= 0.3 is 0 Å². The van der Waals surface area contributed by atoms with Gasteiger partial charge in [-0.2, -0.15) is 0 Å². The number of hydrogen-bond donors (Lipinski definition) is 1. The van der Waals surface area contributed by atoms with E-state index in [1.807, 2.05) is 54.6 Å². The number of aromatic nitrogens is 2. The van der Waals surface area contributed by atoms with Crippen molar-refractivity contribution in [2.45, 2.75) is 36.7 Å². The lowest BCUT2D eigenvalue weighted by atomic mass is 10.1. The minimum atomic E-state index is -0.558. The van der Waals surface area contributed by atoms with Crippen LogP contribution in [0.2, 0.25) is 0 Å². The smallest absolute Gasteiger partial charge is 0.262 e. The molecule has 0 bridgehead atoms. The van der Waals surface area contributed by atoms with Crippen molar-refractivity contribution in [3.8, 4) is 0 Å². The second kappa shape index (κ2) is 10.4. The van der Waals surface area contributed by atoms with Crippen LogP contribution in [0.5, 0.6) is 0 Å². The van der Waals surface area contributed by atoms with Crippen molar-refractivity contribution >= 4 is 45.9 Å². The maximum absolute atomic E-state index is 13.5. The van der Waals surface area contributed by atoms with E-state index in [-0.39, 0.29) is 23.9 Å². The van der Waals surface area contributed by atoms with Gasteiger partial charge in [0.05, 0.1) is 27.5 Å². The monoisotopic (exact) mass is 498 g/mol. The summed E-state index contributed by atoms with van der Waals surface area (Å²) in [6.07, 6.45) is 1.60. The van der Waals surface area contributed by atoms with E-state index < -0.39 is 5.25 Å². The summed E-state index contributed by atoms with van der Waals surface area (Å²) in [5, 5.41) is 3.31. The van der Waals surface area contributed by atoms with Gasteiger partial charge in [0, 0.05) is 6.54 Å². The standard InChI is InChI=1S/C28H26N4O3S/c1-19(26(34)32-18-25(33)29-23-15-7-8-16-24(23)32)36-28-30-22-14-6-5-13-21(22)27(35)31(28)17-9-12-20-10-3-2-4-11-20/h2-8,10-11,13-16,19H,9,12,17-18H2,1H3,(H,29,33). The van der Waals surface area contributed by atoms with E-state index in [4.69, 9.17) is 4.98 Å². The lowest BCUT2D eigenvalue weighted by Crippen LogP contribution is -2.45. The van der Waals surface area contributed by atoms with Crippen molar-refractivity contribution < 1.29 is 9.59 Å². The fraction of sp³-hybridized carbons (Fsp3) is 0.214. The van der Waals surface area contributed by atoms with Crippen LogP contribution in [0.3, 0.4) is 0 Å². The van der Waals surface area contributed by atoms with E-state index in [0.29, 0.717) is 34.0 Å². The van der Waals surface area contributed by atoms with Crippen molar-refractivity contribution in [2.75, 3.05) is 16.8 Å². The Labute approximate surface area is 213 Å². The molecule has 8 heteroatoms. The molecule has 1 aliphatic rings. The number of amides is 2. The van der Waals surface area contributed by atoms with Gasteiger partial charge in [-0.15, -0.1) is 0 Å². The molecule has 0 aliphatic carbocycles. The fourth-order valence-electron chi connectivity index (χ4n) is 4.38. The number of nitrogens with zero attached hydrogens (tertiary/aromatic N) is 3. The van der Waals surface area contributed by atoms with Gasteiger partial charge in [-0.05, 0) is 49.6 Å². The molecule has 0 spiro atoms. The molecule has 0 saturated carbocycles. The number of rotatable bonds is 7. The van der Waals surface area contributed by atoms with Gasteiger partial charge in [0.15, 0.2) is 5.16 Å². The number of para-hydroxylation sites is 3. The Morgan fingerprint density at radius 1 is 1.00 bits per heavy atom. The summed E-state index contributed by atoms with van der Waals surface area (Å²) in [4.78, 5) is 45.4. The minimum Gasteiger partial charge on any atom is -0.323 e. The molecule has 1 unspecified atom stereocenters. The first-order valence-electron chi connectivity index (χ1n) is 11.9. The molecule has 0 fully saturated rings. The minimum absolute atomic E-state index is 0.0459. The van der Waals surface area contributed by atoms with E-state index >= 15 is 0 Å². The number of anilines is 2. The molecule has 0 saturated heterocycles. The molecule has 1 N–H and O–H groups in total. The summed E-state index contributed by atoms with van der Waals surface area (Å²) in [5.74, 6) is -0.443. The number of carbonyl (C=O) groups is 2. The largest absolute Gasteiger partial charge is 0.323 e. The molecule has 3 aromatic carbocycles. The van der Waals surface area contributed by atoms with E-state index in [0.717, 1.165) is 12.8 Å². The van der Waals surface area contributed by atoms with E-state index in [9.17, 15) is 14.4 Å². The molecule has 2 amide bonds. The summed E-state index contributed by atoms with van der Waals surface area (Å²) >= 11 is 1.25. The summed E-state index contributed by atoms with van der Waals surface area (Å²) in [5.41, 5.74) is 2.98. The molecule has 1 atom stereocenters. The summed E-state index contributed by atoms with van der Waals surface area (Å²) < 4.78 is 1.68. The highest BCUT2D eigenvalue weighted by molar-refractivity contribution is 8.00. The Balaban J connectivity index is 1.42. The van der Waals surface area contributed by atoms with Crippen LogP contribution >= 0.6 is 11.8 Å². The second-order valence-electron chi connectivity index (χ2n) is 8.71. The molecule has 0 radical (unpaired) electrons. The zero-order chi connectivity index (χ0) is 25.1. The van der Waals surface area contributed by atoms with E-state index in [1.54, 1.807) is 23.6 Å². The molecular weight excluding hydrogens is 472 g/mol. The molecule has 182 valence electrons. The number of fused-ring (bicyclic) bond motifs is 2. The lowest BCUT2D eigenvalue weighted by molar-refractivity contribution is -0.121. The molecule has 1 aliphatic heterocycles. The second-order valence-corrected chi connectivity index (χ2v) is 10.0. The first-order valence-corrected chi connectivity index (χ1v) is 12.8. The third-order valence-electron chi connectivity index (χ3n) is 6.18. The Bertz CT molecular complexity index is 1490. The zero-order valence-electron chi connectivity index (χ0n) is 19.9. The maximum Gasteiger partial charge on any atom is 0.262 e. The van der Waals surface area contributed by atoms with E-state index in [2.05, 4.69) is 17.4 Å². The van der Waals surface area contributed by atoms with Crippen LogP contribution in [0.15, 0.2) is 88.8 Å². The third kappa shape index (κ3) is 4.90. The van der Waals surface area contributed by atoms with Gasteiger partial charge in [-0.25, -0.2) is 4.98 Å². The highest BCUT2D eigenvalue weighted by Crippen LogP contribution is 2.32. The van der Waals surface area contributed by atoms with Crippen LogP contribution in [0.1, 0.15) is 18.9 Å². The SMILES string of the molecule is CC(Sc1nc2ccccc2c(=O)n1CCCc1ccccc1)C(=O)N1CC(=O)Nc2ccccc21. The molecule has 7 nitrogen and oxygen atoms in total. The summed E-state index contributed by atoms with van der Waals surface area (Å²) in [6, 6.07) is 24.7. The van der Waals surface area contributed by atoms with Crippen LogP contribution in [-0.2, 0) is 22.6 Å². The molecule has 2 heterocycles. The molecule has 1 aromatic heterocycles. The Hall–Kier alpha value is -3.91. The number of aryl methyl sites for hydroxylation is 1. The Morgan fingerprint density at radius 3 is 2.56 bits per heavy atom. The van der Waals surface area contributed by atoms with Gasteiger partial charge in [-0.1, -0.05) is 66.4 Å². The first kappa shape index (κ1) is 23.8. The van der Waals surface area contributed by atoms with Crippen molar-refractivity contribution in [1.29, 1.82) is 0 Å². The van der Waals surface area contributed by atoms with Crippen molar-refractivity contribution in [1.82, 2.24) is 9.55 Å². The number of thioether (sulfide) groups is 1. The van der Waals surface area contributed by atoms with Gasteiger partial charge < -0.3 is 5.32 Å². The summed E-state index contributed by atoms with van der Waals surface area (Å²) in [7, 11) is 0. The zero-order valence-corrected chi connectivity index (χ0v) is 20.7. The predicted molar refractivity (Wildman–Crippen MR) is 144 cm³/mol. The van der Waals surface area contributed by atoms with Gasteiger partial charge in [0.25, 0.3) is 5.56 Å². The topological polar surface area (TPSA) is 84.3 Å².